The Morgan fingerprint density at radius 1 is 1.42 bits per heavy atom. The van der Waals surface area contributed by atoms with Crippen LogP contribution in [0.5, 0.6) is 0 Å². The van der Waals surface area contributed by atoms with Gasteiger partial charge in [-0.15, -0.1) is 0 Å². The molecule has 0 aliphatic carbocycles. The van der Waals surface area contributed by atoms with Crippen LogP contribution in [0.3, 0.4) is 0 Å². The molecule has 1 heterocycles. The third-order valence-corrected chi connectivity index (χ3v) is 2.60. The highest BCUT2D eigenvalue weighted by atomic mass is 16.3. The Kier molecular flexibility index (Phi) is 2.73. The van der Waals surface area contributed by atoms with Crippen LogP contribution in [-0.4, -0.2) is 35.6 Å². The number of hydrogen-bond donors (Lipinski definition) is 1. The van der Waals surface area contributed by atoms with E-state index in [4.69, 9.17) is 5.11 Å². The molecule has 1 amide bonds. The molecule has 0 aromatic heterocycles. The van der Waals surface area contributed by atoms with Crippen molar-refractivity contribution in [1.82, 2.24) is 4.90 Å². The van der Waals surface area contributed by atoms with Crippen molar-refractivity contribution in [1.29, 1.82) is 0 Å². The number of aliphatic hydroxyl groups is 1. The summed E-state index contributed by atoms with van der Waals surface area (Å²) in [5.41, 5.74) is 0.367. The first-order valence-electron chi connectivity index (χ1n) is 4.44. The minimum Gasteiger partial charge on any atom is -0.387 e. The van der Waals surface area contributed by atoms with Gasteiger partial charge >= 0.3 is 0 Å². The third-order valence-electron chi connectivity index (χ3n) is 2.60. The number of amides is 1. The zero-order valence-electron chi connectivity index (χ0n) is 7.84. The minimum atomic E-state index is -0.347. The molecule has 0 spiro atoms. The summed E-state index contributed by atoms with van der Waals surface area (Å²) in [7, 11) is 0. The van der Waals surface area contributed by atoms with Crippen LogP contribution >= 0.6 is 0 Å². The van der Waals surface area contributed by atoms with E-state index < -0.39 is 0 Å². The highest BCUT2D eigenvalue weighted by Gasteiger charge is 2.27. The summed E-state index contributed by atoms with van der Waals surface area (Å²) in [6.45, 7) is 5.68. The number of piperidine rings is 1. The normalized spacial score (nSPS) is 22.4. The van der Waals surface area contributed by atoms with Gasteiger partial charge in [0.25, 0.3) is 0 Å². The SMILES string of the molecule is CC1(C)CCN(C(=O)CO)CC1. The highest BCUT2D eigenvalue weighted by Crippen LogP contribution is 2.29. The molecule has 0 aromatic carbocycles. The van der Waals surface area contributed by atoms with E-state index >= 15 is 0 Å². The number of likely N-dealkylation sites (tertiary alicyclic amines) is 1. The van der Waals surface area contributed by atoms with Crippen molar-refractivity contribution >= 4 is 5.91 Å². The second kappa shape index (κ2) is 3.44. The summed E-state index contributed by atoms with van der Waals surface area (Å²) < 4.78 is 0. The highest BCUT2D eigenvalue weighted by molar-refractivity contribution is 5.77. The largest absolute Gasteiger partial charge is 0.387 e. The molecule has 70 valence electrons. The molecule has 3 heteroatoms. The van der Waals surface area contributed by atoms with Gasteiger partial charge in [-0.1, -0.05) is 13.8 Å². The molecular formula is C9H17NO2. The lowest BCUT2D eigenvalue weighted by Gasteiger charge is -2.36. The number of aliphatic hydroxyl groups excluding tert-OH is 1. The van der Waals surface area contributed by atoms with Crippen LogP contribution in [0.25, 0.3) is 0 Å². The lowest BCUT2D eigenvalue weighted by molar-refractivity contribution is -0.136. The number of carbonyl (C=O) groups is 1. The molecule has 1 saturated heterocycles. The van der Waals surface area contributed by atoms with Gasteiger partial charge in [0.1, 0.15) is 6.61 Å². The maximum Gasteiger partial charge on any atom is 0.248 e. The second-order valence-electron chi connectivity index (χ2n) is 4.20. The molecular weight excluding hydrogens is 154 g/mol. The van der Waals surface area contributed by atoms with E-state index in [1.165, 1.54) is 0 Å². The topological polar surface area (TPSA) is 40.5 Å². The van der Waals surface area contributed by atoms with E-state index in [9.17, 15) is 4.79 Å². The minimum absolute atomic E-state index is 0.134. The lowest BCUT2D eigenvalue weighted by atomic mass is 9.83. The summed E-state index contributed by atoms with van der Waals surface area (Å²) in [6, 6.07) is 0. The summed E-state index contributed by atoms with van der Waals surface area (Å²) in [6.07, 6.45) is 2.08. The van der Waals surface area contributed by atoms with E-state index in [2.05, 4.69) is 13.8 Å². The van der Waals surface area contributed by atoms with Crippen molar-refractivity contribution in [2.24, 2.45) is 5.41 Å². The Bertz CT molecular complexity index is 167. The molecule has 0 radical (unpaired) electrons. The van der Waals surface area contributed by atoms with E-state index in [0.717, 1.165) is 25.9 Å². The predicted molar refractivity (Wildman–Crippen MR) is 46.7 cm³/mol. The molecule has 0 unspecified atom stereocenters. The number of hydrogen-bond acceptors (Lipinski definition) is 2. The fourth-order valence-electron chi connectivity index (χ4n) is 1.46. The smallest absolute Gasteiger partial charge is 0.248 e. The zero-order valence-corrected chi connectivity index (χ0v) is 7.84. The summed E-state index contributed by atoms with van der Waals surface area (Å²) in [5.74, 6) is -0.134. The first kappa shape index (κ1) is 9.52. The Balaban J connectivity index is 2.41. The maximum atomic E-state index is 11.1. The van der Waals surface area contributed by atoms with Gasteiger partial charge < -0.3 is 10.0 Å². The average Bonchev–Trinajstić information content (AvgIpc) is 2.03. The summed E-state index contributed by atoms with van der Waals surface area (Å²) >= 11 is 0. The van der Waals surface area contributed by atoms with Crippen LogP contribution in [0.1, 0.15) is 26.7 Å². The van der Waals surface area contributed by atoms with E-state index in [0.29, 0.717) is 5.41 Å². The zero-order chi connectivity index (χ0) is 9.19. The Morgan fingerprint density at radius 2 is 1.92 bits per heavy atom. The molecule has 0 atom stereocenters. The molecule has 1 N–H and O–H groups in total. The molecule has 1 rings (SSSR count). The van der Waals surface area contributed by atoms with Crippen molar-refractivity contribution in [3.05, 3.63) is 0 Å². The van der Waals surface area contributed by atoms with Crippen molar-refractivity contribution in [3.8, 4) is 0 Å². The van der Waals surface area contributed by atoms with Gasteiger partial charge in [-0.25, -0.2) is 0 Å². The first-order valence-corrected chi connectivity index (χ1v) is 4.44. The lowest BCUT2D eigenvalue weighted by Crippen LogP contribution is -2.42. The molecule has 1 fully saturated rings. The molecule has 0 bridgehead atoms. The van der Waals surface area contributed by atoms with Gasteiger partial charge in [0.2, 0.25) is 5.91 Å². The summed E-state index contributed by atoms with van der Waals surface area (Å²) in [4.78, 5) is 12.8. The molecule has 3 nitrogen and oxygen atoms in total. The Labute approximate surface area is 73.4 Å². The van der Waals surface area contributed by atoms with Crippen LogP contribution in [0, 0.1) is 5.41 Å². The van der Waals surface area contributed by atoms with Gasteiger partial charge in [-0.05, 0) is 18.3 Å². The van der Waals surface area contributed by atoms with Crippen molar-refractivity contribution < 1.29 is 9.90 Å². The fourth-order valence-corrected chi connectivity index (χ4v) is 1.46. The van der Waals surface area contributed by atoms with Crippen molar-refractivity contribution in [3.63, 3.8) is 0 Å². The molecule has 0 saturated carbocycles. The fraction of sp³-hybridized carbons (Fsp3) is 0.889. The Hall–Kier alpha value is -0.570. The Morgan fingerprint density at radius 3 is 2.33 bits per heavy atom. The van der Waals surface area contributed by atoms with E-state index in [-0.39, 0.29) is 12.5 Å². The van der Waals surface area contributed by atoms with Crippen LogP contribution in [-0.2, 0) is 4.79 Å². The van der Waals surface area contributed by atoms with Gasteiger partial charge in [0.15, 0.2) is 0 Å². The van der Waals surface area contributed by atoms with Crippen molar-refractivity contribution in [2.45, 2.75) is 26.7 Å². The standard InChI is InChI=1S/C9H17NO2/c1-9(2)3-5-10(6-4-9)8(12)7-11/h11H,3-7H2,1-2H3. The van der Waals surface area contributed by atoms with Gasteiger partial charge in [-0.2, -0.15) is 0 Å². The predicted octanol–water partition coefficient (Wildman–Crippen LogP) is 0.627. The van der Waals surface area contributed by atoms with Crippen LogP contribution in [0.2, 0.25) is 0 Å². The average molecular weight is 171 g/mol. The third kappa shape index (κ3) is 2.21. The van der Waals surface area contributed by atoms with Gasteiger partial charge in [-0.3, -0.25) is 4.79 Å². The van der Waals surface area contributed by atoms with Gasteiger partial charge in [0.05, 0.1) is 0 Å². The van der Waals surface area contributed by atoms with Crippen LogP contribution in [0.4, 0.5) is 0 Å². The summed E-state index contributed by atoms with van der Waals surface area (Å²) in [5, 5.41) is 8.63. The molecule has 12 heavy (non-hydrogen) atoms. The quantitative estimate of drug-likeness (QED) is 0.628. The van der Waals surface area contributed by atoms with E-state index in [1.807, 2.05) is 0 Å². The number of nitrogens with zero attached hydrogens (tertiary/aromatic N) is 1. The molecule has 0 aromatic rings. The van der Waals surface area contributed by atoms with Crippen LogP contribution < -0.4 is 0 Å². The van der Waals surface area contributed by atoms with E-state index in [1.54, 1.807) is 4.90 Å². The number of carbonyl (C=O) groups excluding carboxylic acids is 1. The maximum absolute atomic E-state index is 11.1. The molecule has 1 aliphatic heterocycles. The van der Waals surface area contributed by atoms with Crippen molar-refractivity contribution in [2.75, 3.05) is 19.7 Å². The molecule has 1 aliphatic rings. The van der Waals surface area contributed by atoms with Crippen LogP contribution in [0.15, 0.2) is 0 Å². The second-order valence-corrected chi connectivity index (χ2v) is 4.20. The monoisotopic (exact) mass is 171 g/mol. The number of rotatable bonds is 1. The van der Waals surface area contributed by atoms with Gasteiger partial charge in [0, 0.05) is 13.1 Å². The first-order chi connectivity index (χ1) is 5.55.